The van der Waals surface area contributed by atoms with E-state index in [4.69, 9.17) is 4.84 Å². The van der Waals surface area contributed by atoms with Crippen molar-refractivity contribution < 1.29 is 19.2 Å². The Morgan fingerprint density at radius 2 is 1.71 bits per heavy atom. The van der Waals surface area contributed by atoms with Crippen molar-refractivity contribution in [3.63, 3.8) is 0 Å². The van der Waals surface area contributed by atoms with E-state index in [1.54, 1.807) is 24.3 Å². The molecule has 6 heteroatoms. The number of imide groups is 1. The average Bonchev–Trinajstić information content (AvgIpc) is 3.18. The van der Waals surface area contributed by atoms with E-state index in [1.165, 1.54) is 0 Å². The van der Waals surface area contributed by atoms with Crippen LogP contribution in [0.3, 0.4) is 0 Å². The standard InChI is InChI=1S/C15H16N2O4/c1-16(2)9-15(7-8-15)14(20)21-17-12(18)10-5-3-4-6-11(10)13(17)19/h3-6H,7-9H2,1-2H3. The number of benzene rings is 1. The van der Waals surface area contributed by atoms with Crippen molar-refractivity contribution >= 4 is 17.8 Å². The molecular weight excluding hydrogens is 272 g/mol. The van der Waals surface area contributed by atoms with Gasteiger partial charge in [0.25, 0.3) is 11.8 Å². The van der Waals surface area contributed by atoms with Gasteiger partial charge in [0.1, 0.15) is 0 Å². The number of hydrogen-bond acceptors (Lipinski definition) is 5. The maximum atomic E-state index is 12.3. The summed E-state index contributed by atoms with van der Waals surface area (Å²) < 4.78 is 0. The number of nitrogens with zero attached hydrogens (tertiary/aromatic N) is 2. The molecule has 0 radical (unpaired) electrons. The van der Waals surface area contributed by atoms with Crippen molar-refractivity contribution in [3.05, 3.63) is 35.4 Å². The molecule has 1 aromatic carbocycles. The molecule has 0 spiro atoms. The Kier molecular flexibility index (Phi) is 3.06. The summed E-state index contributed by atoms with van der Waals surface area (Å²) in [6, 6.07) is 6.44. The lowest BCUT2D eigenvalue weighted by Crippen LogP contribution is -2.38. The highest BCUT2D eigenvalue weighted by atomic mass is 16.7. The zero-order valence-electron chi connectivity index (χ0n) is 12.0. The molecule has 0 N–H and O–H groups in total. The molecule has 110 valence electrons. The minimum atomic E-state index is -0.584. The van der Waals surface area contributed by atoms with Gasteiger partial charge >= 0.3 is 5.97 Å². The summed E-state index contributed by atoms with van der Waals surface area (Å²) in [6.45, 7) is 0.551. The maximum absolute atomic E-state index is 12.3. The fourth-order valence-corrected chi connectivity index (χ4v) is 2.61. The van der Waals surface area contributed by atoms with E-state index in [9.17, 15) is 14.4 Å². The molecule has 0 atom stereocenters. The third-order valence-electron chi connectivity index (χ3n) is 3.84. The summed E-state index contributed by atoms with van der Waals surface area (Å²) in [5, 5.41) is 0.586. The first kappa shape index (κ1) is 13.8. The minimum Gasteiger partial charge on any atom is -0.329 e. The lowest BCUT2D eigenvalue weighted by molar-refractivity contribution is -0.176. The molecule has 6 nitrogen and oxygen atoms in total. The van der Waals surface area contributed by atoms with Crippen LogP contribution in [0.1, 0.15) is 33.6 Å². The zero-order chi connectivity index (χ0) is 15.2. The van der Waals surface area contributed by atoms with Gasteiger partial charge in [0, 0.05) is 6.54 Å². The largest absolute Gasteiger partial charge is 0.340 e. The summed E-state index contributed by atoms with van der Waals surface area (Å²) in [7, 11) is 3.74. The van der Waals surface area contributed by atoms with E-state index < -0.39 is 23.2 Å². The molecule has 1 saturated carbocycles. The van der Waals surface area contributed by atoms with Crippen molar-refractivity contribution in [2.24, 2.45) is 5.41 Å². The monoisotopic (exact) mass is 288 g/mol. The second kappa shape index (κ2) is 4.66. The second-order valence-corrected chi connectivity index (χ2v) is 5.85. The van der Waals surface area contributed by atoms with Crippen LogP contribution in [-0.4, -0.2) is 48.4 Å². The van der Waals surface area contributed by atoms with Crippen LogP contribution in [0.2, 0.25) is 0 Å². The van der Waals surface area contributed by atoms with Gasteiger partial charge in [0.2, 0.25) is 0 Å². The van der Waals surface area contributed by atoms with Crippen LogP contribution in [-0.2, 0) is 9.63 Å². The number of rotatable bonds is 4. The normalized spacial score (nSPS) is 18.9. The fraction of sp³-hybridized carbons (Fsp3) is 0.400. The number of amides is 2. The van der Waals surface area contributed by atoms with Crippen LogP contribution in [0.4, 0.5) is 0 Å². The van der Waals surface area contributed by atoms with Gasteiger partial charge in [0.05, 0.1) is 16.5 Å². The van der Waals surface area contributed by atoms with Crippen molar-refractivity contribution in [1.82, 2.24) is 9.96 Å². The molecular formula is C15H16N2O4. The van der Waals surface area contributed by atoms with Crippen molar-refractivity contribution in [2.75, 3.05) is 20.6 Å². The molecule has 1 aliphatic heterocycles. The van der Waals surface area contributed by atoms with Gasteiger partial charge in [-0.2, -0.15) is 0 Å². The first-order valence-electron chi connectivity index (χ1n) is 6.79. The molecule has 1 aliphatic carbocycles. The summed E-state index contributed by atoms with van der Waals surface area (Å²) >= 11 is 0. The molecule has 0 unspecified atom stereocenters. The Balaban J connectivity index is 1.77. The van der Waals surface area contributed by atoms with Gasteiger partial charge in [0.15, 0.2) is 0 Å². The first-order valence-corrected chi connectivity index (χ1v) is 6.79. The molecule has 0 aromatic heterocycles. The van der Waals surface area contributed by atoms with E-state index in [-0.39, 0.29) is 11.1 Å². The number of carbonyl (C=O) groups is 3. The maximum Gasteiger partial charge on any atom is 0.340 e. The number of hydroxylamine groups is 2. The summed E-state index contributed by atoms with van der Waals surface area (Å²) in [5.41, 5.74) is -0.0423. The highest BCUT2D eigenvalue weighted by Gasteiger charge is 2.54. The number of carbonyl (C=O) groups excluding carboxylic acids is 3. The van der Waals surface area contributed by atoms with Gasteiger partial charge in [-0.1, -0.05) is 17.2 Å². The molecule has 1 aromatic rings. The lowest BCUT2D eigenvalue weighted by atomic mass is 10.1. The van der Waals surface area contributed by atoms with Crippen LogP contribution >= 0.6 is 0 Å². The third kappa shape index (κ3) is 2.21. The predicted octanol–water partition coefficient (Wildman–Crippen LogP) is 1.08. The topological polar surface area (TPSA) is 66.9 Å². The Bertz CT molecular complexity index is 599. The Morgan fingerprint density at radius 1 is 1.19 bits per heavy atom. The summed E-state index contributed by atoms with van der Waals surface area (Å²) in [5.74, 6) is -1.67. The van der Waals surface area contributed by atoms with Crippen molar-refractivity contribution in [3.8, 4) is 0 Å². The van der Waals surface area contributed by atoms with E-state index in [2.05, 4.69) is 0 Å². The van der Waals surface area contributed by atoms with Crippen molar-refractivity contribution in [2.45, 2.75) is 12.8 Å². The Morgan fingerprint density at radius 3 is 2.14 bits per heavy atom. The van der Waals surface area contributed by atoms with Gasteiger partial charge in [-0.15, -0.1) is 0 Å². The molecule has 2 amide bonds. The molecule has 1 fully saturated rings. The minimum absolute atomic E-state index is 0.271. The highest BCUT2D eigenvalue weighted by Crippen LogP contribution is 2.47. The van der Waals surface area contributed by atoms with Gasteiger partial charge < -0.3 is 9.74 Å². The SMILES string of the molecule is CN(C)CC1(C(=O)ON2C(=O)c3ccccc3C2=O)CC1. The van der Waals surface area contributed by atoms with Crippen molar-refractivity contribution in [1.29, 1.82) is 0 Å². The van der Waals surface area contributed by atoms with Crippen LogP contribution in [0.15, 0.2) is 24.3 Å². The molecule has 2 aliphatic rings. The fourth-order valence-electron chi connectivity index (χ4n) is 2.61. The summed E-state index contributed by atoms with van der Waals surface area (Å²) in [4.78, 5) is 43.5. The number of fused-ring (bicyclic) bond motifs is 1. The molecule has 1 heterocycles. The van der Waals surface area contributed by atoms with E-state index >= 15 is 0 Å². The third-order valence-corrected chi connectivity index (χ3v) is 3.84. The quantitative estimate of drug-likeness (QED) is 0.776. The van der Waals surface area contributed by atoms with E-state index in [0.717, 1.165) is 0 Å². The van der Waals surface area contributed by atoms with Crippen LogP contribution in [0.5, 0.6) is 0 Å². The Hall–Kier alpha value is -2.21. The molecule has 21 heavy (non-hydrogen) atoms. The molecule has 0 bridgehead atoms. The Labute approximate surface area is 122 Å². The van der Waals surface area contributed by atoms with E-state index in [0.29, 0.717) is 24.4 Å². The van der Waals surface area contributed by atoms with Crippen LogP contribution in [0.25, 0.3) is 0 Å². The molecule has 3 rings (SSSR count). The van der Waals surface area contributed by atoms with Gasteiger partial charge in [-0.05, 0) is 39.1 Å². The number of hydrogen-bond donors (Lipinski definition) is 0. The summed E-state index contributed by atoms with van der Waals surface area (Å²) in [6.07, 6.45) is 1.43. The zero-order valence-corrected chi connectivity index (χ0v) is 12.0. The van der Waals surface area contributed by atoms with Gasteiger partial charge in [-0.25, -0.2) is 4.79 Å². The first-order chi connectivity index (χ1) is 9.94. The molecule has 0 saturated heterocycles. The lowest BCUT2D eigenvalue weighted by Gasteiger charge is -2.20. The van der Waals surface area contributed by atoms with Crippen LogP contribution in [0, 0.1) is 5.41 Å². The second-order valence-electron chi connectivity index (χ2n) is 5.85. The highest BCUT2D eigenvalue weighted by molar-refractivity contribution is 6.20. The van der Waals surface area contributed by atoms with Crippen LogP contribution < -0.4 is 0 Å². The van der Waals surface area contributed by atoms with Gasteiger partial charge in [-0.3, -0.25) is 9.59 Å². The van der Waals surface area contributed by atoms with E-state index in [1.807, 2.05) is 19.0 Å². The average molecular weight is 288 g/mol. The predicted molar refractivity (Wildman–Crippen MR) is 73.3 cm³/mol. The smallest absolute Gasteiger partial charge is 0.329 e.